The Morgan fingerprint density at radius 3 is 1.41 bits per heavy atom. The summed E-state index contributed by atoms with van der Waals surface area (Å²) < 4.78 is 57.7. The lowest BCUT2D eigenvalue weighted by atomic mass is 9.86. The van der Waals surface area contributed by atoms with Gasteiger partial charge in [0.15, 0.2) is 0 Å². The van der Waals surface area contributed by atoms with Gasteiger partial charge in [0, 0.05) is 12.8 Å². The van der Waals surface area contributed by atoms with Gasteiger partial charge in [-0.25, -0.2) is 19.2 Å². The standard InChI is InChI=1S/C60H74N2O13/c1-39-49(55(64)73-58(2,3)4)44(50(56(65)74-59(5,6)7)45(61-39)33-46(54(63)67-11)62-57(66)75-60(8,9)10)32-47-51(69-35-41-26-18-13-19-27-41)53(71-37-43-30-22-15-23-31-43)52(70-36-42-28-20-14-21-29-42)48(72-47)38-68-34-40-24-16-12-17-25-40/h12-31,46-48,51-53H,32-38H2,1-11H3,(H,62,66)/t46-,47-,48+,51-,52-,53+/m0/s1. The third kappa shape index (κ3) is 17.8. The van der Waals surface area contributed by atoms with Gasteiger partial charge in [0.2, 0.25) is 0 Å². The van der Waals surface area contributed by atoms with Gasteiger partial charge in [-0.05, 0) is 97.1 Å². The molecule has 1 aliphatic rings. The highest BCUT2D eigenvalue weighted by Crippen LogP contribution is 2.36. The molecule has 0 bridgehead atoms. The van der Waals surface area contributed by atoms with E-state index in [1.54, 1.807) is 69.2 Å². The summed E-state index contributed by atoms with van der Waals surface area (Å²) in [5.41, 5.74) is 0.867. The Balaban J connectivity index is 1.57. The van der Waals surface area contributed by atoms with Gasteiger partial charge in [-0.15, -0.1) is 0 Å². The fraction of sp³-hybridized carbons (Fsp3) is 0.450. The number of rotatable bonds is 21. The van der Waals surface area contributed by atoms with Crippen molar-refractivity contribution in [2.45, 2.75) is 162 Å². The van der Waals surface area contributed by atoms with Gasteiger partial charge in [-0.2, -0.15) is 0 Å². The molecule has 0 spiro atoms. The highest BCUT2D eigenvalue weighted by Gasteiger charge is 2.49. The number of pyridine rings is 1. The maximum absolute atomic E-state index is 15.1. The van der Waals surface area contributed by atoms with Crippen LogP contribution in [0, 0.1) is 6.92 Å². The number of methoxy groups -OCH3 is 1. The predicted molar refractivity (Wildman–Crippen MR) is 282 cm³/mol. The van der Waals surface area contributed by atoms with E-state index < -0.39 is 77.4 Å². The normalized spacial score (nSPS) is 18.4. The molecule has 6 rings (SSSR count). The van der Waals surface area contributed by atoms with Crippen molar-refractivity contribution in [3.8, 4) is 0 Å². The molecule has 402 valence electrons. The summed E-state index contributed by atoms with van der Waals surface area (Å²) >= 11 is 0. The molecule has 1 aliphatic heterocycles. The minimum absolute atomic E-state index is 0.0178. The van der Waals surface area contributed by atoms with Crippen LogP contribution in [0.2, 0.25) is 0 Å². The van der Waals surface area contributed by atoms with Gasteiger partial charge in [0.1, 0.15) is 47.3 Å². The largest absolute Gasteiger partial charge is 0.467 e. The molecule has 1 amide bonds. The summed E-state index contributed by atoms with van der Waals surface area (Å²) in [5.74, 6) is -2.46. The number of nitrogens with one attached hydrogen (secondary N) is 1. The number of carbonyl (C=O) groups is 4. The SMILES string of the molecule is COC(=O)[C@H](Cc1nc(C)c(C(=O)OC(C)(C)C)c(C[C@@H]2O[C@H](COCc3ccccc3)[C@H](OCc3ccccc3)[C@H](OCc3ccccc3)[C@H]2OCc2ccccc2)c1C(=O)OC(C)(C)C)NC(=O)OC(C)(C)C. The van der Waals surface area contributed by atoms with E-state index in [2.05, 4.69) is 5.32 Å². The lowest BCUT2D eigenvalue weighted by Gasteiger charge is -2.46. The van der Waals surface area contributed by atoms with Gasteiger partial charge < -0.3 is 47.9 Å². The number of aryl methyl sites for hydroxylation is 1. The van der Waals surface area contributed by atoms with Crippen molar-refractivity contribution < 1.29 is 61.8 Å². The first kappa shape index (κ1) is 57.8. The van der Waals surface area contributed by atoms with Crippen LogP contribution in [-0.4, -0.2) is 96.1 Å². The average molecular weight is 1030 g/mol. The van der Waals surface area contributed by atoms with E-state index in [0.29, 0.717) is 0 Å². The van der Waals surface area contributed by atoms with Crippen molar-refractivity contribution in [1.82, 2.24) is 10.3 Å². The van der Waals surface area contributed by atoms with E-state index in [1.165, 1.54) is 7.11 Å². The number of amides is 1. The van der Waals surface area contributed by atoms with Crippen molar-refractivity contribution in [2.75, 3.05) is 13.7 Å². The first-order valence-corrected chi connectivity index (χ1v) is 25.4. The summed E-state index contributed by atoms with van der Waals surface area (Å²) in [5, 5.41) is 2.61. The van der Waals surface area contributed by atoms with Crippen LogP contribution in [0.3, 0.4) is 0 Å². The molecule has 75 heavy (non-hydrogen) atoms. The van der Waals surface area contributed by atoms with Crippen LogP contribution in [0.15, 0.2) is 121 Å². The maximum Gasteiger partial charge on any atom is 0.408 e. The summed E-state index contributed by atoms with van der Waals surface area (Å²) in [6.07, 6.45) is -5.91. The third-order valence-corrected chi connectivity index (χ3v) is 11.7. The zero-order chi connectivity index (χ0) is 54.3. The number of alkyl carbamates (subject to hydrolysis) is 1. The van der Waals surface area contributed by atoms with E-state index in [-0.39, 0.29) is 74.0 Å². The van der Waals surface area contributed by atoms with E-state index in [4.69, 9.17) is 47.6 Å². The molecule has 15 heteroatoms. The van der Waals surface area contributed by atoms with Crippen molar-refractivity contribution in [3.05, 3.63) is 172 Å². The zero-order valence-corrected chi connectivity index (χ0v) is 45.2. The molecule has 15 nitrogen and oxygen atoms in total. The molecule has 4 aromatic carbocycles. The highest BCUT2D eigenvalue weighted by molar-refractivity contribution is 6.00. The molecule has 6 atom stereocenters. The number of nitrogens with zero attached hydrogens (tertiary/aromatic N) is 1. The zero-order valence-electron chi connectivity index (χ0n) is 45.2. The van der Waals surface area contributed by atoms with E-state index in [1.807, 2.05) is 121 Å². The molecule has 1 fully saturated rings. The Hall–Kier alpha value is -6.49. The monoisotopic (exact) mass is 1030 g/mol. The molecule has 0 aliphatic carbocycles. The first-order chi connectivity index (χ1) is 35.6. The Morgan fingerprint density at radius 2 is 0.973 bits per heavy atom. The molecule has 0 saturated carbocycles. The summed E-state index contributed by atoms with van der Waals surface area (Å²) in [4.78, 5) is 61.6. The molecule has 0 radical (unpaired) electrons. The molecule has 2 heterocycles. The molecule has 5 aromatic rings. The minimum Gasteiger partial charge on any atom is -0.467 e. The minimum atomic E-state index is -1.41. The van der Waals surface area contributed by atoms with Crippen molar-refractivity contribution in [2.24, 2.45) is 0 Å². The third-order valence-electron chi connectivity index (χ3n) is 11.7. The Kier molecular flexibility index (Phi) is 20.3. The Morgan fingerprint density at radius 1 is 0.560 bits per heavy atom. The van der Waals surface area contributed by atoms with Crippen LogP contribution in [0.4, 0.5) is 4.79 Å². The number of hydrogen-bond acceptors (Lipinski definition) is 14. The molecule has 1 N–H and O–H groups in total. The van der Waals surface area contributed by atoms with Crippen LogP contribution < -0.4 is 5.32 Å². The van der Waals surface area contributed by atoms with Crippen molar-refractivity contribution >= 4 is 24.0 Å². The Labute approximate surface area is 441 Å². The van der Waals surface area contributed by atoms with E-state index in [9.17, 15) is 14.4 Å². The van der Waals surface area contributed by atoms with Crippen molar-refractivity contribution in [3.63, 3.8) is 0 Å². The molecule has 1 saturated heterocycles. The molecular weight excluding hydrogens is 957 g/mol. The quantitative estimate of drug-likeness (QED) is 0.0543. The summed E-state index contributed by atoms with van der Waals surface area (Å²) in [6.45, 7) is 17.8. The topological polar surface area (TPSA) is 176 Å². The van der Waals surface area contributed by atoms with Gasteiger partial charge >= 0.3 is 24.0 Å². The van der Waals surface area contributed by atoms with Crippen LogP contribution >= 0.6 is 0 Å². The number of benzene rings is 4. The van der Waals surface area contributed by atoms with Gasteiger partial charge in [0.05, 0.1) is 68.8 Å². The van der Waals surface area contributed by atoms with Crippen LogP contribution in [-0.2, 0) is 86.7 Å². The van der Waals surface area contributed by atoms with Crippen molar-refractivity contribution in [1.29, 1.82) is 0 Å². The predicted octanol–water partition coefficient (Wildman–Crippen LogP) is 10.2. The Bertz CT molecular complexity index is 2630. The number of hydrogen-bond donors (Lipinski definition) is 1. The second-order valence-corrected chi connectivity index (χ2v) is 21.5. The highest BCUT2D eigenvalue weighted by atomic mass is 16.6. The summed E-state index contributed by atoms with van der Waals surface area (Å²) in [7, 11) is 1.18. The van der Waals surface area contributed by atoms with Crippen LogP contribution in [0.5, 0.6) is 0 Å². The number of ether oxygens (including phenoxy) is 9. The van der Waals surface area contributed by atoms with Gasteiger partial charge in [0.25, 0.3) is 0 Å². The van der Waals surface area contributed by atoms with Crippen LogP contribution in [0.1, 0.15) is 122 Å². The first-order valence-electron chi connectivity index (χ1n) is 25.4. The number of esters is 3. The summed E-state index contributed by atoms with van der Waals surface area (Å²) in [6, 6.07) is 37.5. The maximum atomic E-state index is 15.1. The number of carbonyl (C=O) groups excluding carboxylic acids is 4. The van der Waals surface area contributed by atoms with Crippen LogP contribution in [0.25, 0.3) is 0 Å². The molecular formula is C60H74N2O13. The van der Waals surface area contributed by atoms with Gasteiger partial charge in [-0.1, -0.05) is 121 Å². The fourth-order valence-electron chi connectivity index (χ4n) is 8.58. The average Bonchev–Trinajstić information content (AvgIpc) is 3.34. The lowest BCUT2D eigenvalue weighted by molar-refractivity contribution is -0.272. The van der Waals surface area contributed by atoms with Gasteiger partial charge in [-0.3, -0.25) is 4.98 Å². The molecule has 0 unspecified atom stereocenters. The lowest BCUT2D eigenvalue weighted by Crippen LogP contribution is -2.61. The smallest absolute Gasteiger partial charge is 0.408 e. The number of aromatic nitrogens is 1. The second kappa shape index (κ2) is 26.3. The van der Waals surface area contributed by atoms with E-state index in [0.717, 1.165) is 22.3 Å². The fourth-order valence-corrected chi connectivity index (χ4v) is 8.58. The molecule has 1 aromatic heterocycles. The second-order valence-electron chi connectivity index (χ2n) is 21.5. The van der Waals surface area contributed by atoms with E-state index >= 15 is 4.79 Å².